The normalized spacial score (nSPS) is 16.8. The molecule has 0 bridgehead atoms. The lowest BCUT2D eigenvalue weighted by Gasteiger charge is -2.39. The van der Waals surface area contributed by atoms with Crippen molar-refractivity contribution in [2.45, 2.75) is 26.4 Å². The summed E-state index contributed by atoms with van der Waals surface area (Å²) in [6.45, 7) is 8.24. The van der Waals surface area contributed by atoms with Crippen LogP contribution in [0, 0.1) is 6.92 Å². The van der Waals surface area contributed by atoms with Gasteiger partial charge in [0.1, 0.15) is 5.76 Å². The molecule has 128 valence electrons. The number of hydrogen-bond acceptors (Lipinski definition) is 4. The molecule has 1 fully saturated rings. The number of rotatable bonds is 5. The molecule has 1 aromatic heterocycles. The van der Waals surface area contributed by atoms with Crippen LogP contribution in [0.15, 0.2) is 47.1 Å². The molecule has 1 N–H and O–H groups in total. The SMILES string of the molecule is Cc1ccccc1N1CCN(C(C)C(=O)NCc2ccco2)CC1. The lowest BCUT2D eigenvalue weighted by molar-refractivity contribution is -0.126. The molecule has 1 atom stereocenters. The number of anilines is 1. The van der Waals surface area contributed by atoms with E-state index < -0.39 is 0 Å². The van der Waals surface area contributed by atoms with E-state index in [1.54, 1.807) is 6.26 Å². The summed E-state index contributed by atoms with van der Waals surface area (Å²) >= 11 is 0. The fraction of sp³-hybridized carbons (Fsp3) is 0.421. The van der Waals surface area contributed by atoms with Crippen molar-refractivity contribution in [2.24, 2.45) is 0 Å². The summed E-state index contributed by atoms with van der Waals surface area (Å²) in [6.07, 6.45) is 1.62. The van der Waals surface area contributed by atoms with Gasteiger partial charge in [-0.05, 0) is 37.6 Å². The average Bonchev–Trinajstić information content (AvgIpc) is 3.13. The summed E-state index contributed by atoms with van der Waals surface area (Å²) in [5.74, 6) is 0.829. The van der Waals surface area contributed by atoms with Crippen LogP contribution in [0.25, 0.3) is 0 Å². The second kappa shape index (κ2) is 7.53. The van der Waals surface area contributed by atoms with E-state index in [0.717, 1.165) is 31.9 Å². The number of nitrogens with one attached hydrogen (secondary N) is 1. The smallest absolute Gasteiger partial charge is 0.237 e. The summed E-state index contributed by atoms with van der Waals surface area (Å²) in [4.78, 5) is 17.0. The van der Waals surface area contributed by atoms with Gasteiger partial charge >= 0.3 is 0 Å². The van der Waals surface area contributed by atoms with Crippen molar-refractivity contribution in [2.75, 3.05) is 31.1 Å². The Balaban J connectivity index is 1.50. The zero-order chi connectivity index (χ0) is 16.9. The molecule has 1 saturated heterocycles. The third-order valence-corrected chi connectivity index (χ3v) is 4.71. The predicted molar refractivity (Wildman–Crippen MR) is 95.0 cm³/mol. The Kier molecular flexibility index (Phi) is 5.20. The molecule has 1 aromatic carbocycles. The van der Waals surface area contributed by atoms with Gasteiger partial charge in [-0.2, -0.15) is 0 Å². The van der Waals surface area contributed by atoms with Gasteiger partial charge in [0.05, 0.1) is 18.8 Å². The van der Waals surface area contributed by atoms with Crippen molar-refractivity contribution in [3.05, 3.63) is 54.0 Å². The number of carbonyl (C=O) groups excluding carboxylic acids is 1. The number of piperazine rings is 1. The third-order valence-electron chi connectivity index (χ3n) is 4.71. The van der Waals surface area contributed by atoms with Gasteiger partial charge in [0.2, 0.25) is 5.91 Å². The first-order valence-electron chi connectivity index (χ1n) is 8.50. The second-order valence-corrected chi connectivity index (χ2v) is 6.28. The number of hydrogen-bond donors (Lipinski definition) is 1. The molecule has 1 aliphatic rings. The van der Waals surface area contributed by atoms with Crippen molar-refractivity contribution in [1.82, 2.24) is 10.2 Å². The second-order valence-electron chi connectivity index (χ2n) is 6.28. The molecule has 5 heteroatoms. The molecular formula is C19H25N3O2. The van der Waals surface area contributed by atoms with E-state index >= 15 is 0 Å². The molecule has 0 saturated carbocycles. The molecule has 2 heterocycles. The Morgan fingerprint density at radius 3 is 2.58 bits per heavy atom. The quantitative estimate of drug-likeness (QED) is 0.916. The van der Waals surface area contributed by atoms with Crippen molar-refractivity contribution in [3.63, 3.8) is 0 Å². The van der Waals surface area contributed by atoms with E-state index in [2.05, 4.69) is 46.3 Å². The molecule has 5 nitrogen and oxygen atoms in total. The Morgan fingerprint density at radius 2 is 1.92 bits per heavy atom. The highest BCUT2D eigenvalue weighted by molar-refractivity contribution is 5.81. The summed E-state index contributed by atoms with van der Waals surface area (Å²) in [6, 6.07) is 12.0. The highest BCUT2D eigenvalue weighted by Crippen LogP contribution is 2.21. The van der Waals surface area contributed by atoms with E-state index in [0.29, 0.717) is 6.54 Å². The lowest BCUT2D eigenvalue weighted by atomic mass is 10.1. The monoisotopic (exact) mass is 327 g/mol. The van der Waals surface area contributed by atoms with Gasteiger partial charge in [0.25, 0.3) is 0 Å². The highest BCUT2D eigenvalue weighted by atomic mass is 16.3. The summed E-state index contributed by atoms with van der Waals surface area (Å²) in [7, 11) is 0. The zero-order valence-corrected chi connectivity index (χ0v) is 14.4. The number of para-hydroxylation sites is 1. The van der Waals surface area contributed by atoms with Crippen LogP contribution < -0.4 is 10.2 Å². The van der Waals surface area contributed by atoms with Crippen LogP contribution in [0.3, 0.4) is 0 Å². The molecule has 1 aliphatic heterocycles. The standard InChI is InChI=1S/C19H25N3O2/c1-15-6-3-4-8-18(15)22-11-9-21(10-12-22)16(2)19(23)20-14-17-7-5-13-24-17/h3-8,13,16H,9-12,14H2,1-2H3,(H,20,23). The van der Waals surface area contributed by atoms with Gasteiger partial charge in [-0.1, -0.05) is 18.2 Å². The maximum Gasteiger partial charge on any atom is 0.237 e. The van der Waals surface area contributed by atoms with Crippen LogP contribution in [0.4, 0.5) is 5.69 Å². The van der Waals surface area contributed by atoms with Crippen LogP contribution >= 0.6 is 0 Å². The summed E-state index contributed by atoms with van der Waals surface area (Å²) < 4.78 is 5.25. The Bertz CT molecular complexity index is 661. The Morgan fingerprint density at radius 1 is 1.17 bits per heavy atom. The lowest BCUT2D eigenvalue weighted by Crippen LogP contribution is -2.54. The molecular weight excluding hydrogens is 302 g/mol. The number of benzene rings is 1. The van der Waals surface area contributed by atoms with Gasteiger partial charge in [-0.25, -0.2) is 0 Å². The molecule has 0 radical (unpaired) electrons. The first-order chi connectivity index (χ1) is 11.6. The molecule has 2 aromatic rings. The largest absolute Gasteiger partial charge is 0.467 e. The van der Waals surface area contributed by atoms with Crippen molar-refractivity contribution < 1.29 is 9.21 Å². The first kappa shape index (κ1) is 16.6. The predicted octanol–water partition coefficient (Wildman–Crippen LogP) is 2.41. The van der Waals surface area contributed by atoms with E-state index in [-0.39, 0.29) is 11.9 Å². The van der Waals surface area contributed by atoms with Gasteiger partial charge in [-0.3, -0.25) is 9.69 Å². The Labute approximate surface area is 143 Å². The first-order valence-corrected chi connectivity index (χ1v) is 8.50. The van der Waals surface area contributed by atoms with Gasteiger partial charge in [0.15, 0.2) is 0 Å². The minimum Gasteiger partial charge on any atom is -0.467 e. The number of aryl methyl sites for hydroxylation is 1. The third kappa shape index (κ3) is 3.79. The Hall–Kier alpha value is -2.27. The van der Waals surface area contributed by atoms with Gasteiger partial charge < -0.3 is 14.6 Å². The van der Waals surface area contributed by atoms with Crippen LogP contribution in [0.1, 0.15) is 18.2 Å². The molecule has 1 amide bonds. The van der Waals surface area contributed by atoms with Gasteiger partial charge in [-0.15, -0.1) is 0 Å². The average molecular weight is 327 g/mol. The van der Waals surface area contributed by atoms with E-state index in [1.807, 2.05) is 19.1 Å². The summed E-state index contributed by atoms with van der Waals surface area (Å²) in [5.41, 5.74) is 2.60. The van der Waals surface area contributed by atoms with Crippen LogP contribution in [-0.2, 0) is 11.3 Å². The molecule has 24 heavy (non-hydrogen) atoms. The van der Waals surface area contributed by atoms with Crippen LogP contribution in [-0.4, -0.2) is 43.0 Å². The van der Waals surface area contributed by atoms with Crippen molar-refractivity contribution in [1.29, 1.82) is 0 Å². The minimum absolute atomic E-state index is 0.0516. The maximum absolute atomic E-state index is 12.3. The highest BCUT2D eigenvalue weighted by Gasteiger charge is 2.26. The van der Waals surface area contributed by atoms with Crippen LogP contribution in [0.5, 0.6) is 0 Å². The minimum atomic E-state index is -0.126. The number of nitrogens with zero attached hydrogens (tertiary/aromatic N) is 2. The number of carbonyl (C=O) groups is 1. The van der Waals surface area contributed by atoms with Crippen molar-refractivity contribution in [3.8, 4) is 0 Å². The molecule has 0 spiro atoms. The fourth-order valence-corrected chi connectivity index (χ4v) is 3.17. The van der Waals surface area contributed by atoms with E-state index in [9.17, 15) is 4.79 Å². The van der Waals surface area contributed by atoms with E-state index in [1.165, 1.54) is 11.3 Å². The van der Waals surface area contributed by atoms with Gasteiger partial charge in [0, 0.05) is 31.9 Å². The topological polar surface area (TPSA) is 48.7 Å². The fourth-order valence-electron chi connectivity index (χ4n) is 3.17. The summed E-state index contributed by atoms with van der Waals surface area (Å²) in [5, 5.41) is 2.95. The van der Waals surface area contributed by atoms with Crippen LogP contribution in [0.2, 0.25) is 0 Å². The molecule has 1 unspecified atom stereocenters. The number of furan rings is 1. The number of amides is 1. The maximum atomic E-state index is 12.3. The van der Waals surface area contributed by atoms with Crippen molar-refractivity contribution >= 4 is 11.6 Å². The molecule has 3 rings (SSSR count). The molecule has 0 aliphatic carbocycles. The van der Waals surface area contributed by atoms with E-state index in [4.69, 9.17) is 4.42 Å². The zero-order valence-electron chi connectivity index (χ0n) is 14.4.